The predicted molar refractivity (Wildman–Crippen MR) is 60.0 cm³/mol. The molecule has 17 heavy (non-hydrogen) atoms. The number of aryl methyl sites for hydroxylation is 1. The van der Waals surface area contributed by atoms with E-state index in [1.54, 1.807) is 12.3 Å². The Hall–Kier alpha value is -1.82. The molecule has 2 aromatic heterocycles. The van der Waals surface area contributed by atoms with Gasteiger partial charge >= 0.3 is 0 Å². The topological polar surface area (TPSA) is 76.7 Å². The van der Waals surface area contributed by atoms with Crippen LogP contribution in [0.1, 0.15) is 30.6 Å². The van der Waals surface area contributed by atoms with Crippen molar-refractivity contribution in [1.29, 1.82) is 0 Å². The van der Waals surface area contributed by atoms with Gasteiger partial charge in [0.15, 0.2) is 0 Å². The molecule has 6 heteroatoms. The van der Waals surface area contributed by atoms with Crippen molar-refractivity contribution in [2.24, 2.45) is 0 Å². The van der Waals surface area contributed by atoms with Crippen molar-refractivity contribution in [2.45, 2.75) is 25.8 Å². The molecule has 0 unspecified atom stereocenters. The second kappa shape index (κ2) is 4.21. The van der Waals surface area contributed by atoms with Crippen LogP contribution in [0, 0.1) is 6.92 Å². The smallest absolute Gasteiger partial charge is 0.244 e. The highest BCUT2D eigenvalue weighted by Crippen LogP contribution is 2.23. The first-order valence-corrected chi connectivity index (χ1v) is 5.70. The van der Waals surface area contributed by atoms with Crippen molar-refractivity contribution in [3.05, 3.63) is 24.0 Å². The lowest BCUT2D eigenvalue weighted by Gasteiger charge is -2.01. The van der Waals surface area contributed by atoms with Crippen LogP contribution in [0.4, 0.5) is 0 Å². The minimum absolute atomic E-state index is 0.194. The Morgan fingerprint density at radius 1 is 1.41 bits per heavy atom. The zero-order chi connectivity index (χ0) is 11.7. The Kier molecular flexibility index (Phi) is 2.56. The van der Waals surface area contributed by atoms with E-state index in [9.17, 15) is 0 Å². The minimum atomic E-state index is 0.194. The van der Waals surface area contributed by atoms with Gasteiger partial charge in [0.05, 0.1) is 6.04 Å². The highest BCUT2D eigenvalue weighted by atomic mass is 16.5. The fraction of sp³-hybridized carbons (Fsp3) is 0.455. The first-order valence-electron chi connectivity index (χ1n) is 5.70. The van der Waals surface area contributed by atoms with Crippen molar-refractivity contribution >= 4 is 0 Å². The van der Waals surface area contributed by atoms with Gasteiger partial charge in [0, 0.05) is 6.20 Å². The van der Waals surface area contributed by atoms with E-state index in [0.717, 1.165) is 19.4 Å². The van der Waals surface area contributed by atoms with Gasteiger partial charge in [-0.1, -0.05) is 5.16 Å². The van der Waals surface area contributed by atoms with Crippen LogP contribution in [0.25, 0.3) is 11.5 Å². The Bertz CT molecular complexity index is 518. The van der Waals surface area contributed by atoms with Crippen LogP contribution < -0.4 is 5.32 Å². The third kappa shape index (κ3) is 2.03. The quantitative estimate of drug-likeness (QED) is 0.838. The van der Waals surface area contributed by atoms with Crippen molar-refractivity contribution in [3.63, 3.8) is 0 Å². The molecule has 1 saturated heterocycles. The van der Waals surface area contributed by atoms with Crippen LogP contribution in [0.5, 0.6) is 0 Å². The first-order chi connectivity index (χ1) is 8.33. The maximum atomic E-state index is 5.26. The molecule has 1 fully saturated rings. The molecule has 1 N–H and O–H groups in total. The predicted octanol–water partition coefficient (Wildman–Crippen LogP) is 1.26. The summed E-state index contributed by atoms with van der Waals surface area (Å²) in [6.45, 7) is 2.85. The van der Waals surface area contributed by atoms with Gasteiger partial charge in [0.2, 0.25) is 11.7 Å². The summed E-state index contributed by atoms with van der Waals surface area (Å²) in [6.07, 6.45) is 3.89. The molecule has 0 amide bonds. The van der Waals surface area contributed by atoms with Crippen molar-refractivity contribution in [2.75, 3.05) is 6.54 Å². The normalized spacial score (nSPS) is 19.7. The molecule has 6 nitrogen and oxygen atoms in total. The van der Waals surface area contributed by atoms with E-state index in [1.807, 2.05) is 6.92 Å². The lowest BCUT2D eigenvalue weighted by molar-refractivity contribution is 0.345. The molecular formula is C11H13N5O. The summed E-state index contributed by atoms with van der Waals surface area (Å²) >= 11 is 0. The van der Waals surface area contributed by atoms with Crippen molar-refractivity contribution in [3.8, 4) is 11.5 Å². The zero-order valence-corrected chi connectivity index (χ0v) is 9.55. The van der Waals surface area contributed by atoms with E-state index in [-0.39, 0.29) is 6.04 Å². The molecule has 0 bridgehead atoms. The van der Waals surface area contributed by atoms with Crippen LogP contribution in [-0.2, 0) is 0 Å². The Morgan fingerprint density at radius 2 is 2.35 bits per heavy atom. The molecule has 1 atom stereocenters. The van der Waals surface area contributed by atoms with Crippen molar-refractivity contribution in [1.82, 2.24) is 25.4 Å². The van der Waals surface area contributed by atoms with Crippen LogP contribution >= 0.6 is 0 Å². The number of aromatic nitrogens is 4. The first kappa shape index (κ1) is 10.3. The fourth-order valence-corrected chi connectivity index (χ4v) is 1.96. The lowest BCUT2D eigenvalue weighted by Crippen LogP contribution is -2.12. The molecule has 2 aromatic rings. The summed E-state index contributed by atoms with van der Waals surface area (Å²) in [4.78, 5) is 12.7. The zero-order valence-electron chi connectivity index (χ0n) is 9.55. The van der Waals surface area contributed by atoms with Gasteiger partial charge in [-0.05, 0) is 32.4 Å². The molecular weight excluding hydrogens is 218 g/mol. The van der Waals surface area contributed by atoms with E-state index in [4.69, 9.17) is 4.52 Å². The lowest BCUT2D eigenvalue weighted by atomic mass is 10.2. The minimum Gasteiger partial charge on any atom is -0.337 e. The summed E-state index contributed by atoms with van der Waals surface area (Å²) in [5, 5.41) is 7.28. The summed E-state index contributed by atoms with van der Waals surface area (Å²) < 4.78 is 5.26. The van der Waals surface area contributed by atoms with Crippen LogP contribution in [0.15, 0.2) is 16.8 Å². The third-order valence-electron chi connectivity index (χ3n) is 2.81. The molecule has 0 aromatic carbocycles. The second-order valence-electron chi connectivity index (χ2n) is 4.09. The monoisotopic (exact) mass is 231 g/mol. The second-order valence-corrected chi connectivity index (χ2v) is 4.09. The van der Waals surface area contributed by atoms with E-state index in [1.165, 1.54) is 0 Å². The van der Waals surface area contributed by atoms with Gasteiger partial charge in [-0.2, -0.15) is 4.98 Å². The molecule has 88 valence electrons. The van der Waals surface area contributed by atoms with Gasteiger partial charge in [-0.15, -0.1) is 0 Å². The number of rotatable bonds is 2. The maximum Gasteiger partial charge on any atom is 0.244 e. The van der Waals surface area contributed by atoms with Crippen LogP contribution in [0.2, 0.25) is 0 Å². The summed E-state index contributed by atoms with van der Waals surface area (Å²) in [7, 11) is 0. The summed E-state index contributed by atoms with van der Waals surface area (Å²) in [5.74, 6) is 1.88. The molecule has 0 spiro atoms. The number of nitrogens with zero attached hydrogens (tertiary/aromatic N) is 4. The highest BCUT2D eigenvalue weighted by molar-refractivity contribution is 5.47. The van der Waals surface area contributed by atoms with Gasteiger partial charge in [-0.3, -0.25) is 0 Å². The highest BCUT2D eigenvalue weighted by Gasteiger charge is 2.22. The standard InChI is InChI=1S/C11H13N5O/c1-7-12-6-4-8(14-7)10-15-11(17-16-10)9-3-2-5-13-9/h4,6,9,13H,2-3,5H2,1H3/t9-/m1/s1. The van der Waals surface area contributed by atoms with Crippen molar-refractivity contribution < 1.29 is 4.52 Å². The summed E-state index contributed by atoms with van der Waals surface area (Å²) in [5.41, 5.74) is 0.700. The molecule has 1 aliphatic heterocycles. The third-order valence-corrected chi connectivity index (χ3v) is 2.81. The fourth-order valence-electron chi connectivity index (χ4n) is 1.96. The molecule has 0 radical (unpaired) electrons. The maximum absolute atomic E-state index is 5.26. The molecule has 3 rings (SSSR count). The van der Waals surface area contributed by atoms with Crippen LogP contribution in [0.3, 0.4) is 0 Å². The molecule has 0 aliphatic carbocycles. The number of hydrogen-bond donors (Lipinski definition) is 1. The largest absolute Gasteiger partial charge is 0.337 e. The summed E-state index contributed by atoms with van der Waals surface area (Å²) in [6, 6.07) is 1.98. The Labute approximate surface area is 98.5 Å². The van der Waals surface area contributed by atoms with Gasteiger partial charge in [-0.25, -0.2) is 9.97 Å². The van der Waals surface area contributed by atoms with Gasteiger partial charge in [0.1, 0.15) is 11.5 Å². The molecule has 3 heterocycles. The molecule has 0 saturated carbocycles. The SMILES string of the molecule is Cc1nccc(-c2noc([C@H]3CCCN3)n2)n1. The number of nitrogens with one attached hydrogen (secondary N) is 1. The Morgan fingerprint density at radius 3 is 3.12 bits per heavy atom. The van der Waals surface area contributed by atoms with E-state index < -0.39 is 0 Å². The van der Waals surface area contributed by atoms with Gasteiger partial charge < -0.3 is 9.84 Å². The van der Waals surface area contributed by atoms with E-state index in [2.05, 4.69) is 25.4 Å². The Balaban J connectivity index is 1.89. The van der Waals surface area contributed by atoms with E-state index >= 15 is 0 Å². The van der Waals surface area contributed by atoms with Gasteiger partial charge in [0.25, 0.3) is 0 Å². The average Bonchev–Trinajstić information content (AvgIpc) is 3.00. The number of hydrogen-bond acceptors (Lipinski definition) is 6. The average molecular weight is 231 g/mol. The molecule has 1 aliphatic rings. The van der Waals surface area contributed by atoms with E-state index in [0.29, 0.717) is 23.2 Å². The van der Waals surface area contributed by atoms with Crippen LogP contribution in [-0.4, -0.2) is 26.7 Å².